The molecule has 0 saturated heterocycles. The zero-order chi connectivity index (χ0) is 13.0. The standard InChI is InChI=1S/C15H24N2O/c1-11(2)12-5-6-15-13(10-12)14(17-8-7-16)4-3-9-18-15/h5-6,10-11,14,17H,3-4,7-9,16H2,1-2H3. The van der Waals surface area contributed by atoms with Crippen molar-refractivity contribution in [3.63, 3.8) is 0 Å². The monoisotopic (exact) mass is 248 g/mol. The quantitative estimate of drug-likeness (QED) is 0.861. The molecule has 1 aliphatic rings. The number of nitrogens with one attached hydrogen (secondary N) is 1. The van der Waals surface area contributed by atoms with E-state index in [-0.39, 0.29) is 0 Å². The summed E-state index contributed by atoms with van der Waals surface area (Å²) in [6.45, 7) is 6.80. The van der Waals surface area contributed by atoms with E-state index in [9.17, 15) is 0 Å². The first-order valence-electron chi connectivity index (χ1n) is 6.92. The van der Waals surface area contributed by atoms with Gasteiger partial charge in [-0.15, -0.1) is 0 Å². The lowest BCUT2D eigenvalue weighted by Gasteiger charge is -2.19. The molecule has 1 unspecified atom stereocenters. The van der Waals surface area contributed by atoms with Gasteiger partial charge in [-0.25, -0.2) is 0 Å². The molecule has 3 N–H and O–H groups in total. The number of fused-ring (bicyclic) bond motifs is 1. The minimum Gasteiger partial charge on any atom is -0.493 e. The number of ether oxygens (including phenoxy) is 1. The maximum Gasteiger partial charge on any atom is 0.124 e. The van der Waals surface area contributed by atoms with Crippen LogP contribution in [-0.2, 0) is 0 Å². The van der Waals surface area contributed by atoms with Crippen molar-refractivity contribution < 1.29 is 4.74 Å². The van der Waals surface area contributed by atoms with Crippen LogP contribution in [0, 0.1) is 0 Å². The SMILES string of the molecule is CC(C)c1ccc2c(c1)C(NCCN)CCCO2. The van der Waals surface area contributed by atoms with Gasteiger partial charge in [0.05, 0.1) is 6.61 Å². The van der Waals surface area contributed by atoms with E-state index in [0.29, 0.717) is 18.5 Å². The van der Waals surface area contributed by atoms with Crippen LogP contribution in [0.3, 0.4) is 0 Å². The van der Waals surface area contributed by atoms with E-state index in [1.165, 1.54) is 11.1 Å². The minimum atomic E-state index is 0.379. The van der Waals surface area contributed by atoms with Crippen molar-refractivity contribution in [2.75, 3.05) is 19.7 Å². The van der Waals surface area contributed by atoms with Crippen LogP contribution in [0.5, 0.6) is 5.75 Å². The van der Waals surface area contributed by atoms with E-state index < -0.39 is 0 Å². The molecular formula is C15H24N2O. The van der Waals surface area contributed by atoms with Gasteiger partial charge in [0.25, 0.3) is 0 Å². The molecule has 1 atom stereocenters. The summed E-state index contributed by atoms with van der Waals surface area (Å²) < 4.78 is 5.82. The van der Waals surface area contributed by atoms with Crippen molar-refractivity contribution in [1.29, 1.82) is 0 Å². The summed E-state index contributed by atoms with van der Waals surface area (Å²) in [4.78, 5) is 0. The predicted octanol–water partition coefficient (Wildman–Crippen LogP) is 2.57. The first kappa shape index (κ1) is 13.4. The molecule has 1 aromatic rings. The van der Waals surface area contributed by atoms with E-state index in [1.807, 2.05) is 0 Å². The second kappa shape index (κ2) is 6.21. The lowest BCUT2D eigenvalue weighted by Crippen LogP contribution is -2.27. The van der Waals surface area contributed by atoms with E-state index >= 15 is 0 Å². The van der Waals surface area contributed by atoms with Gasteiger partial charge < -0.3 is 15.8 Å². The van der Waals surface area contributed by atoms with Gasteiger partial charge in [-0.05, 0) is 30.4 Å². The van der Waals surface area contributed by atoms with Gasteiger partial charge in [0.15, 0.2) is 0 Å². The Morgan fingerprint density at radius 2 is 2.28 bits per heavy atom. The summed E-state index contributed by atoms with van der Waals surface area (Å²) in [5.41, 5.74) is 8.26. The molecule has 0 saturated carbocycles. The molecule has 1 aromatic carbocycles. The number of benzene rings is 1. The second-order valence-corrected chi connectivity index (χ2v) is 5.24. The van der Waals surface area contributed by atoms with Crippen molar-refractivity contribution in [3.05, 3.63) is 29.3 Å². The smallest absolute Gasteiger partial charge is 0.124 e. The summed E-state index contributed by atoms with van der Waals surface area (Å²) in [6, 6.07) is 6.96. The average Bonchev–Trinajstić information content (AvgIpc) is 2.57. The Balaban J connectivity index is 2.28. The molecular weight excluding hydrogens is 224 g/mol. The fourth-order valence-corrected chi connectivity index (χ4v) is 2.42. The van der Waals surface area contributed by atoms with E-state index in [4.69, 9.17) is 10.5 Å². The van der Waals surface area contributed by atoms with Gasteiger partial charge in [0.2, 0.25) is 0 Å². The van der Waals surface area contributed by atoms with Gasteiger partial charge in [0, 0.05) is 24.7 Å². The summed E-state index contributed by atoms with van der Waals surface area (Å²) in [7, 11) is 0. The molecule has 3 heteroatoms. The number of hydrogen-bond acceptors (Lipinski definition) is 3. The van der Waals surface area contributed by atoms with Crippen molar-refractivity contribution in [2.45, 2.75) is 38.6 Å². The third kappa shape index (κ3) is 3.03. The number of hydrogen-bond donors (Lipinski definition) is 2. The molecule has 0 fully saturated rings. The van der Waals surface area contributed by atoms with Crippen molar-refractivity contribution in [2.24, 2.45) is 5.73 Å². The number of nitrogens with two attached hydrogens (primary N) is 1. The molecule has 3 nitrogen and oxygen atoms in total. The van der Waals surface area contributed by atoms with E-state index in [1.54, 1.807) is 0 Å². The Morgan fingerprint density at radius 3 is 3.00 bits per heavy atom. The Labute approximate surface area is 110 Å². The molecule has 2 rings (SSSR count). The third-order valence-corrected chi connectivity index (χ3v) is 3.51. The Kier molecular flexibility index (Phi) is 4.61. The fraction of sp³-hybridized carbons (Fsp3) is 0.600. The molecule has 100 valence electrons. The zero-order valence-corrected chi connectivity index (χ0v) is 11.4. The lowest BCUT2D eigenvalue weighted by atomic mass is 9.95. The maximum absolute atomic E-state index is 5.82. The summed E-state index contributed by atoms with van der Waals surface area (Å²) in [5.74, 6) is 1.58. The summed E-state index contributed by atoms with van der Waals surface area (Å²) in [6.07, 6.45) is 2.21. The molecule has 0 spiro atoms. The van der Waals surface area contributed by atoms with Crippen molar-refractivity contribution in [1.82, 2.24) is 5.32 Å². The highest BCUT2D eigenvalue weighted by Gasteiger charge is 2.19. The molecule has 0 bridgehead atoms. The third-order valence-electron chi connectivity index (χ3n) is 3.51. The summed E-state index contributed by atoms with van der Waals surface area (Å²) >= 11 is 0. The lowest BCUT2D eigenvalue weighted by molar-refractivity contribution is 0.315. The van der Waals surface area contributed by atoms with Crippen LogP contribution in [0.25, 0.3) is 0 Å². The van der Waals surface area contributed by atoms with Gasteiger partial charge in [0.1, 0.15) is 5.75 Å². The predicted molar refractivity (Wildman–Crippen MR) is 75.1 cm³/mol. The van der Waals surface area contributed by atoms with Crippen molar-refractivity contribution in [3.8, 4) is 5.75 Å². The Hall–Kier alpha value is -1.06. The molecule has 0 aromatic heterocycles. The maximum atomic E-state index is 5.82. The first-order valence-corrected chi connectivity index (χ1v) is 6.92. The van der Waals surface area contributed by atoms with Crippen LogP contribution in [0.2, 0.25) is 0 Å². The highest BCUT2D eigenvalue weighted by Crippen LogP contribution is 2.33. The van der Waals surface area contributed by atoms with Crippen LogP contribution >= 0.6 is 0 Å². The molecule has 0 radical (unpaired) electrons. The van der Waals surface area contributed by atoms with Crippen LogP contribution in [-0.4, -0.2) is 19.7 Å². The fourth-order valence-electron chi connectivity index (χ4n) is 2.42. The molecule has 0 amide bonds. The zero-order valence-electron chi connectivity index (χ0n) is 11.4. The van der Waals surface area contributed by atoms with Gasteiger partial charge in [-0.2, -0.15) is 0 Å². The van der Waals surface area contributed by atoms with Crippen LogP contribution in [0.1, 0.15) is 49.8 Å². The van der Waals surface area contributed by atoms with Gasteiger partial charge >= 0.3 is 0 Å². The second-order valence-electron chi connectivity index (χ2n) is 5.24. The van der Waals surface area contributed by atoms with E-state index in [2.05, 4.69) is 37.4 Å². The largest absolute Gasteiger partial charge is 0.493 e. The molecule has 1 heterocycles. The minimum absolute atomic E-state index is 0.379. The molecule has 1 aliphatic heterocycles. The van der Waals surface area contributed by atoms with E-state index in [0.717, 1.165) is 31.7 Å². The highest BCUT2D eigenvalue weighted by atomic mass is 16.5. The van der Waals surface area contributed by atoms with Crippen LogP contribution in [0.4, 0.5) is 0 Å². The molecule has 18 heavy (non-hydrogen) atoms. The van der Waals surface area contributed by atoms with Crippen LogP contribution in [0.15, 0.2) is 18.2 Å². The van der Waals surface area contributed by atoms with Gasteiger partial charge in [-0.3, -0.25) is 0 Å². The Bertz CT molecular complexity index is 390. The highest BCUT2D eigenvalue weighted by molar-refractivity contribution is 5.41. The van der Waals surface area contributed by atoms with Crippen LogP contribution < -0.4 is 15.8 Å². The average molecular weight is 248 g/mol. The summed E-state index contributed by atoms with van der Waals surface area (Å²) in [5, 5.41) is 3.53. The Morgan fingerprint density at radius 1 is 1.44 bits per heavy atom. The topological polar surface area (TPSA) is 47.3 Å². The normalized spacial score (nSPS) is 19.2. The molecule has 0 aliphatic carbocycles. The number of rotatable bonds is 4. The first-order chi connectivity index (χ1) is 8.72. The van der Waals surface area contributed by atoms with Gasteiger partial charge in [-0.1, -0.05) is 26.0 Å². The van der Waals surface area contributed by atoms with Crippen molar-refractivity contribution >= 4 is 0 Å².